The fourth-order valence-corrected chi connectivity index (χ4v) is 3.00. The summed E-state index contributed by atoms with van der Waals surface area (Å²) in [6, 6.07) is 0.219. The maximum absolute atomic E-state index is 6.40. The van der Waals surface area contributed by atoms with Crippen molar-refractivity contribution in [1.82, 2.24) is 4.90 Å². The number of hydrogen-bond donors (Lipinski definition) is 1. The minimum atomic E-state index is 0.188. The van der Waals surface area contributed by atoms with E-state index in [4.69, 9.17) is 12.2 Å². The minimum Gasteiger partial charge on any atom is -0.326 e. The van der Waals surface area contributed by atoms with E-state index in [1.54, 1.807) is 0 Å². The summed E-state index contributed by atoms with van der Waals surface area (Å²) in [5, 5.41) is 0. The van der Waals surface area contributed by atoms with Crippen LogP contribution in [0.1, 0.15) is 51.4 Å². The van der Waals surface area contributed by atoms with Gasteiger partial charge >= 0.3 is 0 Å². The highest BCUT2D eigenvalue weighted by molar-refractivity contribution is 5.00. The van der Waals surface area contributed by atoms with Crippen LogP contribution in [0.15, 0.2) is 0 Å². The first-order valence-electron chi connectivity index (χ1n) is 6.50. The van der Waals surface area contributed by atoms with Crippen molar-refractivity contribution in [1.29, 1.82) is 0 Å². The molecular weight excluding hydrogens is 196 g/mol. The van der Waals surface area contributed by atoms with E-state index in [-0.39, 0.29) is 11.6 Å². The molecule has 1 atom stereocenters. The first kappa shape index (κ1) is 13.5. The van der Waals surface area contributed by atoms with Crippen molar-refractivity contribution in [3.63, 3.8) is 0 Å². The van der Waals surface area contributed by atoms with Crippen LogP contribution in [-0.2, 0) is 0 Å². The van der Waals surface area contributed by atoms with Crippen LogP contribution >= 0.6 is 0 Å². The molecule has 0 aromatic heterocycles. The molecule has 1 aliphatic rings. The van der Waals surface area contributed by atoms with E-state index in [0.717, 1.165) is 12.8 Å². The molecule has 16 heavy (non-hydrogen) atoms. The van der Waals surface area contributed by atoms with Crippen LogP contribution in [0.3, 0.4) is 0 Å². The van der Waals surface area contributed by atoms with Crippen LogP contribution in [0.25, 0.3) is 0 Å². The smallest absolute Gasteiger partial charge is 0.0354 e. The largest absolute Gasteiger partial charge is 0.326 e. The van der Waals surface area contributed by atoms with Crippen LogP contribution < -0.4 is 5.73 Å². The fourth-order valence-electron chi connectivity index (χ4n) is 3.00. The van der Waals surface area contributed by atoms with Crippen molar-refractivity contribution in [3.05, 3.63) is 0 Å². The maximum atomic E-state index is 6.40. The highest BCUT2D eigenvalue weighted by Gasteiger charge is 2.38. The fraction of sp³-hybridized carbons (Fsp3) is 0.857. The van der Waals surface area contributed by atoms with Crippen molar-refractivity contribution in [3.8, 4) is 12.3 Å². The molecule has 0 saturated heterocycles. The molecule has 0 radical (unpaired) electrons. The van der Waals surface area contributed by atoms with Crippen LogP contribution in [0.4, 0.5) is 0 Å². The molecule has 1 unspecified atom stereocenters. The van der Waals surface area contributed by atoms with Gasteiger partial charge in [0.25, 0.3) is 0 Å². The van der Waals surface area contributed by atoms with Gasteiger partial charge in [-0.1, -0.05) is 25.7 Å². The van der Waals surface area contributed by atoms with Crippen LogP contribution in [-0.4, -0.2) is 30.6 Å². The normalized spacial score (nSPS) is 22.4. The summed E-state index contributed by atoms with van der Waals surface area (Å²) in [6.45, 7) is 0. The molecule has 2 heteroatoms. The number of hydrogen-bond acceptors (Lipinski definition) is 2. The van der Waals surface area contributed by atoms with Gasteiger partial charge in [0, 0.05) is 18.0 Å². The molecule has 0 bridgehead atoms. The summed E-state index contributed by atoms with van der Waals surface area (Å²) in [7, 11) is 4.34. The van der Waals surface area contributed by atoms with Gasteiger partial charge in [0.1, 0.15) is 0 Å². The third kappa shape index (κ3) is 2.99. The number of nitrogens with two attached hydrogens (primary N) is 1. The van der Waals surface area contributed by atoms with E-state index >= 15 is 0 Å². The Morgan fingerprint density at radius 2 is 1.81 bits per heavy atom. The molecule has 0 aromatic rings. The molecule has 0 aliphatic heterocycles. The van der Waals surface area contributed by atoms with Crippen molar-refractivity contribution < 1.29 is 0 Å². The predicted molar refractivity (Wildman–Crippen MR) is 70.2 cm³/mol. The first-order chi connectivity index (χ1) is 7.63. The van der Waals surface area contributed by atoms with Gasteiger partial charge in [-0.25, -0.2) is 0 Å². The lowest BCUT2D eigenvalue weighted by atomic mass is 9.80. The van der Waals surface area contributed by atoms with Gasteiger partial charge in [-0.05, 0) is 33.4 Å². The SMILES string of the molecule is C#CCCC(N)C1(N(C)C)CCCCCC1. The second-order valence-electron chi connectivity index (χ2n) is 5.26. The zero-order valence-electron chi connectivity index (χ0n) is 10.8. The number of terminal acetylenes is 1. The summed E-state index contributed by atoms with van der Waals surface area (Å²) in [5.74, 6) is 2.71. The number of nitrogens with zero attached hydrogens (tertiary/aromatic N) is 1. The Morgan fingerprint density at radius 3 is 2.25 bits per heavy atom. The lowest BCUT2D eigenvalue weighted by molar-refractivity contribution is 0.0938. The molecule has 0 spiro atoms. The second-order valence-corrected chi connectivity index (χ2v) is 5.26. The average Bonchev–Trinajstić information content (AvgIpc) is 2.52. The topological polar surface area (TPSA) is 29.3 Å². The Bertz CT molecular complexity index is 232. The average molecular weight is 222 g/mol. The molecule has 1 fully saturated rings. The summed E-state index contributed by atoms with van der Waals surface area (Å²) in [6.07, 6.45) is 14.9. The quantitative estimate of drug-likeness (QED) is 0.584. The van der Waals surface area contributed by atoms with E-state index in [1.165, 1.54) is 38.5 Å². The summed E-state index contributed by atoms with van der Waals surface area (Å²) < 4.78 is 0. The Hall–Kier alpha value is -0.520. The summed E-state index contributed by atoms with van der Waals surface area (Å²) in [5.41, 5.74) is 6.59. The molecule has 2 N–H and O–H groups in total. The van der Waals surface area contributed by atoms with Gasteiger partial charge < -0.3 is 10.6 Å². The third-order valence-corrected chi connectivity index (χ3v) is 4.15. The van der Waals surface area contributed by atoms with Gasteiger partial charge in [-0.3, -0.25) is 0 Å². The van der Waals surface area contributed by atoms with Crippen LogP contribution in [0.2, 0.25) is 0 Å². The molecular formula is C14H26N2. The Labute approximate surface area is 101 Å². The summed E-state index contributed by atoms with van der Waals surface area (Å²) >= 11 is 0. The predicted octanol–water partition coefficient (Wildman–Crippen LogP) is 2.38. The Balaban J connectivity index is 2.73. The Morgan fingerprint density at radius 1 is 1.25 bits per heavy atom. The van der Waals surface area contributed by atoms with Crippen molar-refractivity contribution >= 4 is 0 Å². The molecule has 92 valence electrons. The zero-order valence-corrected chi connectivity index (χ0v) is 10.8. The van der Waals surface area contributed by atoms with Crippen LogP contribution in [0, 0.1) is 12.3 Å². The van der Waals surface area contributed by atoms with Crippen LogP contribution in [0.5, 0.6) is 0 Å². The Kier molecular flexibility index (Phi) is 5.31. The van der Waals surface area contributed by atoms with E-state index in [1.807, 2.05) is 0 Å². The molecule has 0 heterocycles. The van der Waals surface area contributed by atoms with E-state index in [0.29, 0.717) is 0 Å². The lowest BCUT2D eigenvalue weighted by Gasteiger charge is -2.44. The molecule has 1 aliphatic carbocycles. The van der Waals surface area contributed by atoms with Crippen molar-refractivity contribution in [2.24, 2.45) is 5.73 Å². The zero-order chi connectivity index (χ0) is 12.0. The molecule has 0 amide bonds. The highest BCUT2D eigenvalue weighted by atomic mass is 15.2. The lowest BCUT2D eigenvalue weighted by Crippen LogP contribution is -2.57. The number of likely N-dealkylation sites (N-methyl/N-ethyl adjacent to an activating group) is 1. The molecule has 2 nitrogen and oxygen atoms in total. The van der Waals surface area contributed by atoms with E-state index in [2.05, 4.69) is 24.9 Å². The van der Waals surface area contributed by atoms with Gasteiger partial charge in [0.15, 0.2) is 0 Å². The summed E-state index contributed by atoms with van der Waals surface area (Å²) in [4.78, 5) is 2.35. The second kappa shape index (κ2) is 6.27. The third-order valence-electron chi connectivity index (χ3n) is 4.15. The van der Waals surface area contributed by atoms with Gasteiger partial charge in [-0.15, -0.1) is 12.3 Å². The van der Waals surface area contributed by atoms with E-state index in [9.17, 15) is 0 Å². The van der Waals surface area contributed by atoms with Gasteiger partial charge in [-0.2, -0.15) is 0 Å². The standard InChI is InChI=1S/C14H26N2/c1-4-5-10-13(15)14(16(2)3)11-8-6-7-9-12-14/h1,13H,5-12,15H2,2-3H3. The van der Waals surface area contributed by atoms with E-state index < -0.39 is 0 Å². The van der Waals surface area contributed by atoms with Crippen molar-refractivity contribution in [2.75, 3.05) is 14.1 Å². The maximum Gasteiger partial charge on any atom is 0.0354 e. The van der Waals surface area contributed by atoms with Gasteiger partial charge in [0.05, 0.1) is 0 Å². The highest BCUT2D eigenvalue weighted by Crippen LogP contribution is 2.34. The first-order valence-corrected chi connectivity index (χ1v) is 6.50. The molecule has 1 saturated carbocycles. The minimum absolute atomic E-state index is 0.188. The van der Waals surface area contributed by atoms with Crippen molar-refractivity contribution in [2.45, 2.75) is 62.9 Å². The molecule has 1 rings (SSSR count). The monoisotopic (exact) mass is 222 g/mol. The molecule has 0 aromatic carbocycles. The number of rotatable bonds is 4. The van der Waals surface area contributed by atoms with Gasteiger partial charge in [0.2, 0.25) is 0 Å².